The van der Waals surface area contributed by atoms with Crippen LogP contribution in [-0.2, 0) is 16.6 Å². The van der Waals surface area contributed by atoms with Crippen molar-refractivity contribution in [2.45, 2.75) is 19.4 Å². The van der Waals surface area contributed by atoms with Crippen molar-refractivity contribution in [3.63, 3.8) is 0 Å². The van der Waals surface area contributed by atoms with E-state index in [0.29, 0.717) is 12.2 Å². The Morgan fingerprint density at radius 2 is 1.92 bits per heavy atom. The zero-order valence-electron chi connectivity index (χ0n) is 13.7. The van der Waals surface area contributed by atoms with Gasteiger partial charge in [0.2, 0.25) is 11.8 Å². The molecule has 2 aromatic rings. The summed E-state index contributed by atoms with van der Waals surface area (Å²) in [6.07, 6.45) is 0.0222. The second kappa shape index (κ2) is 6.31. The number of rotatable bonds is 4. The molecular formula is C18H19N3O3. The predicted octanol–water partition coefficient (Wildman–Crippen LogP) is 1.57. The van der Waals surface area contributed by atoms with Gasteiger partial charge in [-0.1, -0.05) is 30.3 Å². The lowest BCUT2D eigenvalue weighted by Gasteiger charge is -2.25. The Balaban J connectivity index is 1.91. The molecule has 0 aliphatic carbocycles. The molecule has 0 unspecified atom stereocenters. The van der Waals surface area contributed by atoms with Crippen LogP contribution in [0.1, 0.15) is 23.8 Å². The molecule has 1 atom stereocenters. The normalized spacial score (nSPS) is 17.0. The maximum Gasteiger partial charge on any atom is 0.271 e. The van der Waals surface area contributed by atoms with Crippen LogP contribution < -0.4 is 5.32 Å². The summed E-state index contributed by atoms with van der Waals surface area (Å²) in [5, 5.41) is 2.26. The molecule has 2 heterocycles. The second-order valence-corrected chi connectivity index (χ2v) is 5.75. The van der Waals surface area contributed by atoms with Gasteiger partial charge in [0.1, 0.15) is 11.7 Å². The number of nitrogens with zero attached hydrogens (tertiary/aromatic N) is 2. The molecule has 124 valence electrons. The van der Waals surface area contributed by atoms with Gasteiger partial charge in [-0.25, -0.2) is 0 Å². The Labute approximate surface area is 140 Å². The third kappa shape index (κ3) is 2.71. The van der Waals surface area contributed by atoms with E-state index in [4.69, 9.17) is 0 Å². The Morgan fingerprint density at radius 1 is 1.21 bits per heavy atom. The van der Waals surface area contributed by atoms with Crippen LogP contribution in [0.15, 0.2) is 42.5 Å². The molecule has 0 spiro atoms. The predicted molar refractivity (Wildman–Crippen MR) is 89.1 cm³/mol. The highest BCUT2D eigenvalue weighted by Crippen LogP contribution is 2.23. The highest BCUT2D eigenvalue weighted by Gasteiger charge is 2.37. The molecule has 1 fully saturated rings. The number of aromatic nitrogens is 1. The molecule has 0 saturated carbocycles. The summed E-state index contributed by atoms with van der Waals surface area (Å²) in [6, 6.07) is 12.7. The van der Waals surface area contributed by atoms with Crippen LogP contribution in [0.3, 0.4) is 0 Å². The van der Waals surface area contributed by atoms with Gasteiger partial charge in [-0.2, -0.15) is 0 Å². The molecule has 3 amide bonds. The van der Waals surface area contributed by atoms with Crippen molar-refractivity contribution in [2.75, 3.05) is 6.54 Å². The highest BCUT2D eigenvalue weighted by molar-refractivity contribution is 6.08. The number of hydrogen-bond acceptors (Lipinski definition) is 3. The smallest absolute Gasteiger partial charge is 0.271 e. The first kappa shape index (κ1) is 16.0. The highest BCUT2D eigenvalue weighted by atomic mass is 16.2. The third-order valence-electron chi connectivity index (χ3n) is 4.33. The molecule has 1 aliphatic rings. The Hall–Kier alpha value is -2.89. The van der Waals surface area contributed by atoms with E-state index in [1.54, 1.807) is 13.0 Å². The van der Waals surface area contributed by atoms with Gasteiger partial charge in [-0.05, 0) is 24.6 Å². The molecule has 1 N–H and O–H groups in total. The Bertz CT molecular complexity index is 795. The van der Waals surface area contributed by atoms with E-state index in [9.17, 15) is 14.4 Å². The van der Waals surface area contributed by atoms with Crippen molar-refractivity contribution < 1.29 is 14.4 Å². The number of nitrogens with one attached hydrogen (secondary N) is 1. The van der Waals surface area contributed by atoms with Crippen LogP contribution in [0.4, 0.5) is 0 Å². The third-order valence-corrected chi connectivity index (χ3v) is 4.33. The molecule has 6 nitrogen and oxygen atoms in total. The van der Waals surface area contributed by atoms with Gasteiger partial charge >= 0.3 is 0 Å². The summed E-state index contributed by atoms with van der Waals surface area (Å²) in [7, 11) is 1.82. The fraction of sp³-hybridized carbons (Fsp3) is 0.278. The van der Waals surface area contributed by atoms with Crippen LogP contribution in [0.2, 0.25) is 0 Å². The Kier molecular flexibility index (Phi) is 4.20. The number of likely N-dealkylation sites (N-methyl/N-ethyl adjacent to an activating group) is 1. The lowest BCUT2D eigenvalue weighted by Crippen LogP contribution is -2.44. The summed E-state index contributed by atoms with van der Waals surface area (Å²) in [5.74, 6) is -1.00. The van der Waals surface area contributed by atoms with Gasteiger partial charge < -0.3 is 9.47 Å². The van der Waals surface area contributed by atoms with Crippen LogP contribution >= 0.6 is 0 Å². The molecule has 1 aromatic carbocycles. The second-order valence-electron chi connectivity index (χ2n) is 5.75. The maximum absolute atomic E-state index is 12.9. The van der Waals surface area contributed by atoms with Crippen LogP contribution in [-0.4, -0.2) is 39.8 Å². The van der Waals surface area contributed by atoms with Crippen LogP contribution in [0, 0.1) is 0 Å². The van der Waals surface area contributed by atoms with E-state index in [1.807, 2.05) is 48.0 Å². The first-order valence-electron chi connectivity index (χ1n) is 7.88. The van der Waals surface area contributed by atoms with E-state index in [1.165, 1.54) is 4.90 Å². The standard InChI is InChI=1S/C18H19N3O3/c1-3-21(15-11-16(22)19-17(15)23)18(24)14-10-9-13(20(14)2)12-7-5-4-6-8-12/h4-10,15H,3,11H2,1-2H3,(H,19,22,23)/t15-/m1/s1. The molecular weight excluding hydrogens is 306 g/mol. The van der Waals surface area contributed by atoms with Gasteiger partial charge in [-0.3, -0.25) is 19.7 Å². The SMILES string of the molecule is CCN(C(=O)c1ccc(-c2ccccc2)n1C)[C@@H]1CC(=O)NC1=O. The summed E-state index contributed by atoms with van der Waals surface area (Å²) in [5.41, 5.74) is 2.42. The largest absolute Gasteiger partial charge is 0.340 e. The quantitative estimate of drug-likeness (QED) is 0.867. The maximum atomic E-state index is 12.9. The van der Waals surface area contributed by atoms with Gasteiger partial charge in [0.25, 0.3) is 5.91 Å². The molecule has 0 radical (unpaired) electrons. The molecule has 0 bridgehead atoms. The van der Waals surface area contributed by atoms with Crippen LogP contribution in [0.5, 0.6) is 0 Å². The van der Waals surface area contributed by atoms with E-state index in [0.717, 1.165) is 11.3 Å². The molecule has 24 heavy (non-hydrogen) atoms. The minimum Gasteiger partial charge on any atom is -0.340 e. The lowest BCUT2D eigenvalue weighted by atomic mass is 10.2. The number of benzene rings is 1. The fourth-order valence-electron chi connectivity index (χ4n) is 3.07. The first-order chi connectivity index (χ1) is 11.5. The van der Waals surface area contributed by atoms with E-state index in [-0.39, 0.29) is 18.2 Å². The summed E-state index contributed by atoms with van der Waals surface area (Å²) in [6.45, 7) is 2.16. The molecule has 1 saturated heterocycles. The van der Waals surface area contributed by atoms with E-state index < -0.39 is 11.9 Å². The van der Waals surface area contributed by atoms with Crippen molar-refractivity contribution in [3.8, 4) is 11.3 Å². The minimum atomic E-state index is -0.731. The zero-order valence-corrected chi connectivity index (χ0v) is 13.7. The Morgan fingerprint density at radius 3 is 2.50 bits per heavy atom. The number of hydrogen-bond donors (Lipinski definition) is 1. The number of amides is 3. The van der Waals surface area contributed by atoms with Crippen LogP contribution in [0.25, 0.3) is 11.3 Å². The van der Waals surface area contributed by atoms with E-state index >= 15 is 0 Å². The molecule has 1 aliphatic heterocycles. The van der Waals surface area contributed by atoms with Crippen molar-refractivity contribution in [3.05, 3.63) is 48.2 Å². The fourth-order valence-corrected chi connectivity index (χ4v) is 3.07. The summed E-state index contributed by atoms with van der Waals surface area (Å²) < 4.78 is 1.81. The van der Waals surface area contributed by atoms with Gasteiger partial charge in [0.15, 0.2) is 0 Å². The minimum absolute atomic E-state index is 0.0222. The number of carbonyl (C=O) groups excluding carboxylic acids is 3. The van der Waals surface area contributed by atoms with Gasteiger partial charge in [0.05, 0.1) is 6.42 Å². The van der Waals surface area contributed by atoms with E-state index in [2.05, 4.69) is 5.32 Å². The number of imide groups is 1. The van der Waals surface area contributed by atoms with Crippen molar-refractivity contribution in [2.24, 2.45) is 7.05 Å². The average molecular weight is 325 g/mol. The van der Waals surface area contributed by atoms with Crippen molar-refractivity contribution in [1.29, 1.82) is 0 Å². The zero-order chi connectivity index (χ0) is 17.3. The number of carbonyl (C=O) groups is 3. The molecule has 6 heteroatoms. The molecule has 1 aromatic heterocycles. The average Bonchev–Trinajstić information content (AvgIpc) is 3.11. The monoisotopic (exact) mass is 325 g/mol. The first-order valence-corrected chi connectivity index (χ1v) is 7.88. The lowest BCUT2D eigenvalue weighted by molar-refractivity contribution is -0.126. The van der Waals surface area contributed by atoms with Crippen molar-refractivity contribution >= 4 is 17.7 Å². The topological polar surface area (TPSA) is 71.4 Å². The van der Waals surface area contributed by atoms with Gasteiger partial charge in [-0.15, -0.1) is 0 Å². The van der Waals surface area contributed by atoms with Gasteiger partial charge in [0, 0.05) is 19.3 Å². The summed E-state index contributed by atoms with van der Waals surface area (Å²) in [4.78, 5) is 37.7. The molecule has 3 rings (SSSR count). The van der Waals surface area contributed by atoms with Crippen molar-refractivity contribution in [1.82, 2.24) is 14.8 Å². The summed E-state index contributed by atoms with van der Waals surface area (Å²) >= 11 is 0.